The second-order valence-electron chi connectivity index (χ2n) is 7.70. The molecule has 0 bridgehead atoms. The van der Waals surface area contributed by atoms with Crippen LogP contribution in [-0.2, 0) is 11.9 Å². The Morgan fingerprint density at radius 2 is 1.04 bits per heavy atom. The maximum absolute atomic E-state index is 7.05. The van der Waals surface area contributed by atoms with Crippen LogP contribution >= 0.6 is 19.4 Å². The molecule has 2 aromatic carbocycles. The predicted molar refractivity (Wildman–Crippen MR) is 124 cm³/mol. The molecule has 0 atom stereocenters. The van der Waals surface area contributed by atoms with Crippen molar-refractivity contribution in [3.63, 3.8) is 0 Å². The second kappa shape index (κ2) is 8.01. The van der Waals surface area contributed by atoms with Crippen molar-refractivity contribution in [3.05, 3.63) is 57.6 Å². The summed E-state index contributed by atoms with van der Waals surface area (Å²) in [5.74, 6) is 0. The molecule has 1 saturated heterocycles. The van der Waals surface area contributed by atoms with Crippen LogP contribution in [0.5, 0.6) is 0 Å². The molecule has 1 heterocycles. The number of hydrogen-bond acceptors (Lipinski definition) is 2. The summed E-state index contributed by atoms with van der Waals surface area (Å²) in [7, 11) is 14.1. The van der Waals surface area contributed by atoms with E-state index in [1.165, 1.54) is 44.8 Å². The van der Waals surface area contributed by atoms with Gasteiger partial charge in [-0.15, -0.1) is 0 Å². The molecule has 0 radical (unpaired) electrons. The molecule has 1 aliphatic rings. The molecular formula is C23H30Cl2N2Ru. The summed E-state index contributed by atoms with van der Waals surface area (Å²) >= 11 is -3.14. The summed E-state index contributed by atoms with van der Waals surface area (Å²) in [6.45, 7) is 16.8. The predicted octanol–water partition coefficient (Wildman–Crippen LogP) is 6.23. The normalized spacial score (nSPS) is 15.4. The Bertz CT molecular complexity index is 941. The minimum absolute atomic E-state index is 0.892. The van der Waals surface area contributed by atoms with Crippen molar-refractivity contribution in [2.24, 2.45) is 0 Å². The zero-order chi connectivity index (χ0) is 20.8. The van der Waals surface area contributed by atoms with Crippen LogP contribution in [0.1, 0.15) is 40.3 Å². The maximum atomic E-state index is 7.05. The molecule has 5 heteroatoms. The Balaban J connectivity index is 2.28. The summed E-state index contributed by atoms with van der Waals surface area (Å²) in [5.41, 5.74) is 10.2. The third-order valence-corrected chi connectivity index (χ3v) is 11.7. The van der Waals surface area contributed by atoms with Gasteiger partial charge in [-0.25, -0.2) is 0 Å². The molecule has 3 rings (SSSR count). The molecular weight excluding hydrogens is 476 g/mol. The van der Waals surface area contributed by atoms with Crippen molar-refractivity contribution in [2.45, 2.75) is 48.5 Å². The Kier molecular flexibility index (Phi) is 6.21. The van der Waals surface area contributed by atoms with Crippen LogP contribution in [0.4, 0.5) is 11.4 Å². The van der Waals surface area contributed by atoms with Crippen LogP contribution in [0, 0.1) is 41.5 Å². The van der Waals surface area contributed by atoms with Gasteiger partial charge in [-0.1, -0.05) is 0 Å². The van der Waals surface area contributed by atoms with Crippen LogP contribution in [0.25, 0.3) is 0 Å². The van der Waals surface area contributed by atoms with Crippen molar-refractivity contribution in [2.75, 3.05) is 22.9 Å². The van der Waals surface area contributed by atoms with E-state index in [9.17, 15) is 0 Å². The molecule has 0 amide bonds. The fourth-order valence-corrected chi connectivity index (χ4v) is 8.65. The van der Waals surface area contributed by atoms with E-state index >= 15 is 0 Å². The molecule has 0 N–H and O–H groups in total. The first-order valence-corrected chi connectivity index (χ1v) is 15.9. The first-order chi connectivity index (χ1) is 13.1. The van der Waals surface area contributed by atoms with Crippen LogP contribution in [0.15, 0.2) is 24.3 Å². The topological polar surface area (TPSA) is 6.48 Å². The van der Waals surface area contributed by atoms with Gasteiger partial charge in [-0.3, -0.25) is 0 Å². The van der Waals surface area contributed by atoms with Crippen LogP contribution in [-0.4, -0.2) is 22.1 Å². The summed E-state index contributed by atoms with van der Waals surface area (Å²) in [5, 5.41) is 0. The zero-order valence-electron chi connectivity index (χ0n) is 17.8. The SMILES string of the molecule is C[CH]=[Ru]([Cl])([Cl])=[C]1N(c2c(C)cc(C)cc2C)CCN1c1c(C)cc(C)cc1C. The van der Waals surface area contributed by atoms with E-state index in [0.29, 0.717) is 0 Å². The van der Waals surface area contributed by atoms with E-state index in [0.717, 1.165) is 17.4 Å². The molecule has 154 valence electrons. The summed E-state index contributed by atoms with van der Waals surface area (Å²) in [6.07, 6.45) is 0. The first kappa shape index (κ1) is 21.7. The fraction of sp³-hybridized carbons (Fsp3) is 0.391. The number of benzene rings is 2. The van der Waals surface area contributed by atoms with E-state index in [1.807, 2.05) is 11.5 Å². The monoisotopic (exact) mass is 506 g/mol. The molecule has 1 fully saturated rings. The third kappa shape index (κ3) is 3.86. The molecule has 0 aromatic heterocycles. The van der Waals surface area contributed by atoms with Crippen LogP contribution in [0.3, 0.4) is 0 Å². The van der Waals surface area contributed by atoms with Crippen molar-refractivity contribution < 1.29 is 11.9 Å². The Hall–Kier alpha value is -1.02. The molecule has 1 aliphatic heterocycles. The molecule has 0 aliphatic carbocycles. The molecule has 28 heavy (non-hydrogen) atoms. The summed E-state index contributed by atoms with van der Waals surface area (Å²) in [6, 6.07) is 8.98. The fourth-order valence-electron chi connectivity index (χ4n) is 4.47. The Morgan fingerprint density at radius 3 is 1.32 bits per heavy atom. The van der Waals surface area contributed by atoms with Crippen LogP contribution in [0.2, 0.25) is 0 Å². The van der Waals surface area contributed by atoms with Gasteiger partial charge in [0.2, 0.25) is 0 Å². The van der Waals surface area contributed by atoms with E-state index < -0.39 is 11.9 Å². The third-order valence-electron chi connectivity index (χ3n) is 5.26. The average molecular weight is 506 g/mol. The standard InChI is InChI=1S/C21H26N2.C2H4.2ClH.Ru/c1-14-9-16(3)20(17(4)10-14)22-7-8-23(13-22)21-18(5)11-15(2)12-19(21)6;1-2;;;/h9-12H,7-8H2,1-6H3;1H,2H3;2*1H;/q;;;;+2/p-2. The van der Waals surface area contributed by atoms with Gasteiger partial charge in [0.05, 0.1) is 0 Å². The van der Waals surface area contributed by atoms with Gasteiger partial charge in [-0.05, 0) is 0 Å². The summed E-state index contributed by atoms with van der Waals surface area (Å²) in [4.78, 5) is 4.77. The number of hydrogen-bond donors (Lipinski definition) is 0. The van der Waals surface area contributed by atoms with Crippen molar-refractivity contribution >= 4 is 39.7 Å². The van der Waals surface area contributed by atoms with Gasteiger partial charge >= 0.3 is 181 Å². The molecule has 0 saturated carbocycles. The second-order valence-corrected chi connectivity index (χ2v) is 17.4. The number of rotatable bonds is 2. The first-order valence-electron chi connectivity index (χ1n) is 9.56. The van der Waals surface area contributed by atoms with Gasteiger partial charge in [-0.2, -0.15) is 0 Å². The zero-order valence-corrected chi connectivity index (χ0v) is 21.1. The van der Waals surface area contributed by atoms with Gasteiger partial charge in [0, 0.05) is 0 Å². The van der Waals surface area contributed by atoms with E-state index in [4.69, 9.17) is 19.4 Å². The van der Waals surface area contributed by atoms with Gasteiger partial charge < -0.3 is 0 Å². The van der Waals surface area contributed by atoms with E-state index in [-0.39, 0.29) is 0 Å². The van der Waals surface area contributed by atoms with Gasteiger partial charge in [0.15, 0.2) is 0 Å². The quantitative estimate of drug-likeness (QED) is 0.446. The summed E-state index contributed by atoms with van der Waals surface area (Å²) < 4.78 is 3.13. The van der Waals surface area contributed by atoms with E-state index in [2.05, 4.69) is 75.6 Å². The minimum atomic E-state index is -3.14. The molecule has 0 spiro atoms. The number of halogens is 2. The number of aryl methyl sites for hydroxylation is 6. The van der Waals surface area contributed by atoms with Crippen molar-refractivity contribution in [1.29, 1.82) is 0 Å². The van der Waals surface area contributed by atoms with E-state index in [1.54, 1.807) is 0 Å². The van der Waals surface area contributed by atoms with Crippen molar-refractivity contribution in [3.8, 4) is 0 Å². The number of anilines is 2. The van der Waals surface area contributed by atoms with Crippen LogP contribution < -0.4 is 9.80 Å². The molecule has 2 aromatic rings. The molecule has 0 unspecified atom stereocenters. The van der Waals surface area contributed by atoms with Gasteiger partial charge in [0.25, 0.3) is 0 Å². The number of nitrogens with zero attached hydrogens (tertiary/aromatic N) is 2. The van der Waals surface area contributed by atoms with Gasteiger partial charge in [0.1, 0.15) is 0 Å². The Morgan fingerprint density at radius 1 is 0.714 bits per heavy atom. The average Bonchev–Trinajstić information content (AvgIpc) is 2.98. The molecule has 2 nitrogen and oxygen atoms in total. The Labute approximate surface area is 180 Å². The van der Waals surface area contributed by atoms with Crippen molar-refractivity contribution in [1.82, 2.24) is 0 Å².